The van der Waals surface area contributed by atoms with Gasteiger partial charge in [0.1, 0.15) is 5.76 Å². The number of nitrogens with zero attached hydrogens (tertiary/aromatic N) is 2. The Morgan fingerprint density at radius 3 is 2.79 bits per heavy atom. The number of carbonyl (C=O) groups is 1. The van der Waals surface area contributed by atoms with Crippen molar-refractivity contribution < 1.29 is 14.4 Å². The molecule has 1 amide bonds. The predicted molar refractivity (Wildman–Crippen MR) is 90.7 cm³/mol. The molecule has 0 spiro atoms. The molecule has 1 aliphatic heterocycles. The predicted octanol–water partition coefficient (Wildman–Crippen LogP) is 3.53. The Bertz CT molecular complexity index is 681. The number of aromatic nitrogens is 1. The fraction of sp³-hybridized carbons (Fsp3) is 0.474. The molecule has 0 radical (unpaired) electrons. The lowest BCUT2D eigenvalue weighted by molar-refractivity contribution is 0.0657. The molecule has 2 atom stereocenters. The summed E-state index contributed by atoms with van der Waals surface area (Å²) in [5.74, 6) is 0.820. The summed E-state index contributed by atoms with van der Waals surface area (Å²) in [7, 11) is 0. The number of hydrogen-bond donors (Lipinski definition) is 1. The van der Waals surface area contributed by atoms with Crippen LogP contribution < -0.4 is 0 Å². The average molecular weight is 328 g/mol. The second-order valence-corrected chi connectivity index (χ2v) is 6.73. The minimum atomic E-state index is -0.562. The monoisotopic (exact) mass is 328 g/mol. The molecule has 128 valence electrons. The molecule has 1 fully saturated rings. The fourth-order valence-electron chi connectivity index (χ4n) is 3.23. The molecule has 1 aromatic heterocycles. The third kappa shape index (κ3) is 3.51. The molecular formula is C19H24N2O3. The van der Waals surface area contributed by atoms with Gasteiger partial charge in [-0.25, -0.2) is 0 Å². The summed E-state index contributed by atoms with van der Waals surface area (Å²) in [6, 6.07) is 11.4. The molecule has 2 unspecified atom stereocenters. The highest BCUT2D eigenvalue weighted by molar-refractivity contribution is 5.92. The lowest BCUT2D eigenvalue weighted by Crippen LogP contribution is -2.36. The summed E-state index contributed by atoms with van der Waals surface area (Å²) in [6.07, 6.45) is 1.84. The van der Waals surface area contributed by atoms with Crippen molar-refractivity contribution in [3.8, 4) is 0 Å². The first-order valence-corrected chi connectivity index (χ1v) is 8.57. The molecule has 2 heterocycles. The Balaban J connectivity index is 1.69. The molecular weight excluding hydrogens is 304 g/mol. The summed E-state index contributed by atoms with van der Waals surface area (Å²) in [5.41, 5.74) is 1.25. The van der Waals surface area contributed by atoms with Crippen molar-refractivity contribution in [3.63, 3.8) is 0 Å². The molecule has 1 N–H and O–H groups in total. The van der Waals surface area contributed by atoms with Crippen molar-refractivity contribution in [2.45, 2.75) is 51.2 Å². The van der Waals surface area contributed by atoms with Crippen LogP contribution >= 0.6 is 0 Å². The molecule has 1 aromatic carbocycles. The van der Waals surface area contributed by atoms with Crippen LogP contribution in [0.2, 0.25) is 0 Å². The van der Waals surface area contributed by atoms with Gasteiger partial charge in [-0.15, -0.1) is 0 Å². The van der Waals surface area contributed by atoms with Gasteiger partial charge in [0.15, 0.2) is 5.69 Å². The van der Waals surface area contributed by atoms with Crippen molar-refractivity contribution in [2.24, 2.45) is 0 Å². The van der Waals surface area contributed by atoms with Crippen molar-refractivity contribution in [2.75, 3.05) is 6.54 Å². The normalized spacial score (nSPS) is 19.0. The molecule has 1 aliphatic rings. The fourth-order valence-corrected chi connectivity index (χ4v) is 3.23. The number of aliphatic hydroxyl groups is 1. The third-order valence-electron chi connectivity index (χ3n) is 4.63. The first kappa shape index (κ1) is 16.7. The summed E-state index contributed by atoms with van der Waals surface area (Å²) in [6.45, 7) is 4.71. The highest BCUT2D eigenvalue weighted by Gasteiger charge is 2.32. The van der Waals surface area contributed by atoms with Crippen LogP contribution in [0, 0.1) is 0 Å². The van der Waals surface area contributed by atoms with Crippen LogP contribution in [0.3, 0.4) is 0 Å². The molecule has 0 bridgehead atoms. The number of carbonyl (C=O) groups excluding carboxylic acids is 1. The van der Waals surface area contributed by atoms with E-state index in [0.29, 0.717) is 18.7 Å². The number of likely N-dealkylation sites (tertiary alicyclic amines) is 1. The number of amides is 1. The Kier molecular flexibility index (Phi) is 5.00. The van der Waals surface area contributed by atoms with E-state index < -0.39 is 6.10 Å². The Morgan fingerprint density at radius 2 is 2.12 bits per heavy atom. The summed E-state index contributed by atoms with van der Waals surface area (Å²) in [5, 5.41) is 14.4. The van der Waals surface area contributed by atoms with Crippen LogP contribution in [0.15, 0.2) is 40.9 Å². The highest BCUT2D eigenvalue weighted by Crippen LogP contribution is 2.29. The van der Waals surface area contributed by atoms with Crippen LogP contribution in [0.5, 0.6) is 0 Å². The molecule has 5 heteroatoms. The maximum absolute atomic E-state index is 12.7. The lowest BCUT2D eigenvalue weighted by atomic mass is 10.0. The average Bonchev–Trinajstić information content (AvgIpc) is 3.24. The maximum atomic E-state index is 12.7. The smallest absolute Gasteiger partial charge is 0.276 e. The van der Waals surface area contributed by atoms with Crippen LogP contribution in [-0.2, 0) is 0 Å². The molecule has 2 aromatic rings. The quantitative estimate of drug-likeness (QED) is 0.912. The number of benzene rings is 1. The van der Waals surface area contributed by atoms with Crippen LogP contribution in [0.1, 0.15) is 66.9 Å². The van der Waals surface area contributed by atoms with E-state index in [1.54, 1.807) is 6.07 Å². The highest BCUT2D eigenvalue weighted by atomic mass is 16.5. The molecule has 3 rings (SSSR count). The van der Waals surface area contributed by atoms with Gasteiger partial charge >= 0.3 is 0 Å². The number of hydrogen-bond acceptors (Lipinski definition) is 4. The van der Waals surface area contributed by atoms with E-state index in [1.807, 2.05) is 49.1 Å². The van der Waals surface area contributed by atoms with E-state index in [9.17, 15) is 9.90 Å². The van der Waals surface area contributed by atoms with Gasteiger partial charge in [0.05, 0.1) is 6.10 Å². The van der Waals surface area contributed by atoms with Crippen molar-refractivity contribution in [1.82, 2.24) is 10.1 Å². The van der Waals surface area contributed by atoms with E-state index >= 15 is 0 Å². The Labute approximate surface area is 142 Å². The zero-order valence-electron chi connectivity index (χ0n) is 14.2. The van der Waals surface area contributed by atoms with E-state index in [-0.39, 0.29) is 17.9 Å². The zero-order valence-corrected chi connectivity index (χ0v) is 14.2. The van der Waals surface area contributed by atoms with Gasteiger partial charge in [0.25, 0.3) is 5.91 Å². The van der Waals surface area contributed by atoms with E-state index in [2.05, 4.69) is 5.16 Å². The van der Waals surface area contributed by atoms with Gasteiger partial charge in [-0.2, -0.15) is 0 Å². The summed E-state index contributed by atoms with van der Waals surface area (Å²) < 4.78 is 5.25. The standard InChI is InChI=1S/C19H24N2O3/c1-13(2)18-12-16(20-24-18)19(23)21-10-6-9-15(21)11-17(22)14-7-4-3-5-8-14/h3-5,7-8,12-13,15,17,22H,6,9-11H2,1-2H3. The van der Waals surface area contributed by atoms with E-state index in [1.165, 1.54) is 0 Å². The van der Waals surface area contributed by atoms with Gasteiger partial charge < -0.3 is 14.5 Å². The molecule has 5 nitrogen and oxygen atoms in total. The van der Waals surface area contributed by atoms with Gasteiger partial charge in [-0.05, 0) is 24.8 Å². The summed E-state index contributed by atoms with van der Waals surface area (Å²) in [4.78, 5) is 14.6. The lowest BCUT2D eigenvalue weighted by Gasteiger charge is -2.26. The van der Waals surface area contributed by atoms with Gasteiger partial charge in [0, 0.05) is 24.6 Å². The van der Waals surface area contributed by atoms with Crippen molar-refractivity contribution in [3.05, 3.63) is 53.4 Å². The third-order valence-corrected chi connectivity index (χ3v) is 4.63. The summed E-state index contributed by atoms with van der Waals surface area (Å²) >= 11 is 0. The Morgan fingerprint density at radius 1 is 1.38 bits per heavy atom. The van der Waals surface area contributed by atoms with Gasteiger partial charge in [-0.1, -0.05) is 49.3 Å². The Hall–Kier alpha value is -2.14. The minimum Gasteiger partial charge on any atom is -0.388 e. The van der Waals surface area contributed by atoms with Crippen LogP contribution in [0.25, 0.3) is 0 Å². The minimum absolute atomic E-state index is 0.0342. The first-order valence-electron chi connectivity index (χ1n) is 8.57. The molecule has 1 saturated heterocycles. The van der Waals surface area contributed by atoms with Gasteiger partial charge in [0.2, 0.25) is 0 Å². The number of aliphatic hydroxyl groups excluding tert-OH is 1. The number of rotatable bonds is 5. The maximum Gasteiger partial charge on any atom is 0.276 e. The second kappa shape index (κ2) is 7.18. The van der Waals surface area contributed by atoms with E-state index in [0.717, 1.165) is 24.2 Å². The first-order chi connectivity index (χ1) is 11.6. The molecule has 0 aliphatic carbocycles. The molecule has 0 saturated carbocycles. The second-order valence-electron chi connectivity index (χ2n) is 6.73. The van der Waals surface area contributed by atoms with Crippen molar-refractivity contribution >= 4 is 5.91 Å². The topological polar surface area (TPSA) is 66.6 Å². The van der Waals surface area contributed by atoms with Crippen LogP contribution in [0.4, 0.5) is 0 Å². The van der Waals surface area contributed by atoms with E-state index in [4.69, 9.17) is 4.52 Å². The van der Waals surface area contributed by atoms with Gasteiger partial charge in [-0.3, -0.25) is 4.79 Å². The SMILES string of the molecule is CC(C)c1cc(C(=O)N2CCCC2CC(O)c2ccccc2)no1. The zero-order chi connectivity index (χ0) is 17.1. The molecule has 24 heavy (non-hydrogen) atoms. The largest absolute Gasteiger partial charge is 0.388 e. The van der Waals surface area contributed by atoms with Crippen LogP contribution in [-0.4, -0.2) is 33.7 Å². The van der Waals surface area contributed by atoms with Crippen molar-refractivity contribution in [1.29, 1.82) is 0 Å².